The van der Waals surface area contributed by atoms with E-state index < -0.39 is 0 Å². The molecule has 15 heavy (non-hydrogen) atoms. The molecule has 0 aromatic carbocycles. The van der Waals surface area contributed by atoms with Crippen molar-refractivity contribution in [2.45, 2.75) is 26.3 Å². The van der Waals surface area contributed by atoms with E-state index >= 15 is 0 Å². The SMILES string of the molecule is CC(C)c1nc(CN(C)C)sc1C(N)=S. The minimum absolute atomic E-state index is 0.369. The van der Waals surface area contributed by atoms with Crippen LogP contribution in [-0.2, 0) is 6.54 Å². The van der Waals surface area contributed by atoms with Crippen LogP contribution in [0, 0.1) is 0 Å². The standard InChI is InChI=1S/C10H17N3S2/c1-6(2)8-9(10(11)14)15-7(12-8)5-13(3)4/h6H,5H2,1-4H3,(H2,11,14). The largest absolute Gasteiger partial charge is 0.389 e. The Morgan fingerprint density at radius 2 is 2.13 bits per heavy atom. The summed E-state index contributed by atoms with van der Waals surface area (Å²) in [6, 6.07) is 0. The Balaban J connectivity index is 3.04. The van der Waals surface area contributed by atoms with Crippen molar-refractivity contribution in [2.24, 2.45) is 5.73 Å². The number of hydrogen-bond donors (Lipinski definition) is 1. The van der Waals surface area contributed by atoms with E-state index in [-0.39, 0.29) is 0 Å². The lowest BCUT2D eigenvalue weighted by Crippen LogP contribution is -2.10. The number of nitrogens with zero attached hydrogens (tertiary/aromatic N) is 2. The van der Waals surface area contributed by atoms with Gasteiger partial charge < -0.3 is 10.6 Å². The van der Waals surface area contributed by atoms with E-state index in [1.807, 2.05) is 14.1 Å². The third-order valence-corrected chi connectivity index (χ3v) is 3.34. The van der Waals surface area contributed by atoms with Gasteiger partial charge in [-0.15, -0.1) is 11.3 Å². The molecule has 0 saturated heterocycles. The van der Waals surface area contributed by atoms with E-state index in [0.29, 0.717) is 10.9 Å². The van der Waals surface area contributed by atoms with E-state index in [4.69, 9.17) is 18.0 Å². The lowest BCUT2D eigenvalue weighted by molar-refractivity contribution is 0.401. The maximum absolute atomic E-state index is 5.68. The van der Waals surface area contributed by atoms with Crippen LogP contribution in [0.5, 0.6) is 0 Å². The van der Waals surface area contributed by atoms with Crippen molar-refractivity contribution in [2.75, 3.05) is 14.1 Å². The van der Waals surface area contributed by atoms with Crippen LogP contribution in [0.2, 0.25) is 0 Å². The molecule has 0 spiro atoms. The smallest absolute Gasteiger partial charge is 0.116 e. The molecule has 2 N–H and O–H groups in total. The fourth-order valence-corrected chi connectivity index (χ4v) is 2.70. The van der Waals surface area contributed by atoms with Crippen LogP contribution in [0.1, 0.15) is 35.3 Å². The van der Waals surface area contributed by atoms with Gasteiger partial charge >= 0.3 is 0 Å². The summed E-state index contributed by atoms with van der Waals surface area (Å²) in [5, 5.41) is 1.08. The van der Waals surface area contributed by atoms with Gasteiger partial charge in [-0.2, -0.15) is 0 Å². The minimum Gasteiger partial charge on any atom is -0.389 e. The van der Waals surface area contributed by atoms with Gasteiger partial charge in [0.05, 0.1) is 10.6 Å². The molecule has 1 heterocycles. The minimum atomic E-state index is 0.369. The van der Waals surface area contributed by atoms with Gasteiger partial charge in [0.1, 0.15) is 10.00 Å². The summed E-state index contributed by atoms with van der Waals surface area (Å²) in [6.45, 7) is 5.06. The quantitative estimate of drug-likeness (QED) is 0.821. The lowest BCUT2D eigenvalue weighted by Gasteiger charge is -2.05. The van der Waals surface area contributed by atoms with Crippen LogP contribution < -0.4 is 5.73 Å². The van der Waals surface area contributed by atoms with Crippen LogP contribution in [-0.4, -0.2) is 29.0 Å². The molecule has 0 aliphatic heterocycles. The maximum atomic E-state index is 5.68. The monoisotopic (exact) mass is 243 g/mol. The molecule has 0 saturated carbocycles. The molecule has 0 aliphatic rings. The first-order valence-corrected chi connectivity index (χ1v) is 6.08. The van der Waals surface area contributed by atoms with Gasteiger partial charge in [0, 0.05) is 6.54 Å². The molecule has 0 aliphatic carbocycles. The van der Waals surface area contributed by atoms with Crippen molar-refractivity contribution >= 4 is 28.5 Å². The fourth-order valence-electron chi connectivity index (χ4n) is 1.28. The summed E-state index contributed by atoms with van der Waals surface area (Å²) in [5.41, 5.74) is 6.72. The number of rotatable bonds is 4. The second kappa shape index (κ2) is 5.01. The molecular formula is C10H17N3S2. The van der Waals surface area contributed by atoms with E-state index in [0.717, 1.165) is 22.1 Å². The zero-order valence-electron chi connectivity index (χ0n) is 9.57. The fraction of sp³-hybridized carbons (Fsp3) is 0.600. The van der Waals surface area contributed by atoms with Crippen LogP contribution >= 0.6 is 23.6 Å². The van der Waals surface area contributed by atoms with Gasteiger partial charge in [-0.1, -0.05) is 26.1 Å². The van der Waals surface area contributed by atoms with E-state index in [2.05, 4.69) is 23.7 Å². The molecule has 3 nitrogen and oxygen atoms in total. The Morgan fingerprint density at radius 1 is 1.53 bits per heavy atom. The van der Waals surface area contributed by atoms with E-state index in [1.165, 1.54) is 0 Å². The summed E-state index contributed by atoms with van der Waals surface area (Å²) in [5.74, 6) is 0.369. The van der Waals surface area contributed by atoms with Gasteiger partial charge in [0.15, 0.2) is 0 Å². The second-order valence-electron chi connectivity index (χ2n) is 4.08. The number of nitrogens with two attached hydrogens (primary N) is 1. The van der Waals surface area contributed by atoms with E-state index in [9.17, 15) is 0 Å². The topological polar surface area (TPSA) is 42.2 Å². The molecular weight excluding hydrogens is 226 g/mol. The number of aromatic nitrogens is 1. The Bertz CT molecular complexity index is 356. The van der Waals surface area contributed by atoms with Gasteiger partial charge in [-0.3, -0.25) is 0 Å². The predicted octanol–water partition coefficient (Wildman–Crippen LogP) is 1.96. The van der Waals surface area contributed by atoms with Gasteiger partial charge in [0.2, 0.25) is 0 Å². The van der Waals surface area contributed by atoms with Crippen LogP contribution in [0.25, 0.3) is 0 Å². The highest BCUT2D eigenvalue weighted by Crippen LogP contribution is 2.25. The summed E-state index contributed by atoms with van der Waals surface area (Å²) >= 11 is 6.64. The average molecular weight is 243 g/mol. The normalized spacial score (nSPS) is 11.3. The molecule has 0 radical (unpaired) electrons. The molecule has 0 unspecified atom stereocenters. The van der Waals surface area contributed by atoms with Crippen molar-refractivity contribution in [3.8, 4) is 0 Å². The molecule has 0 atom stereocenters. The Kier molecular flexibility index (Phi) is 4.19. The van der Waals surface area contributed by atoms with Crippen molar-refractivity contribution in [1.82, 2.24) is 9.88 Å². The molecule has 5 heteroatoms. The predicted molar refractivity (Wildman–Crippen MR) is 69.5 cm³/mol. The second-order valence-corrected chi connectivity index (χ2v) is 5.60. The first-order chi connectivity index (χ1) is 6.91. The number of hydrogen-bond acceptors (Lipinski definition) is 4. The zero-order valence-corrected chi connectivity index (χ0v) is 11.2. The molecule has 1 aromatic heterocycles. The molecule has 0 fully saturated rings. The van der Waals surface area contributed by atoms with Crippen molar-refractivity contribution < 1.29 is 0 Å². The summed E-state index contributed by atoms with van der Waals surface area (Å²) < 4.78 is 0. The van der Waals surface area contributed by atoms with Crippen LogP contribution in [0.15, 0.2) is 0 Å². The Labute approximate surface area is 100 Å². The third kappa shape index (κ3) is 3.22. The van der Waals surface area contributed by atoms with Crippen LogP contribution in [0.4, 0.5) is 0 Å². The lowest BCUT2D eigenvalue weighted by atomic mass is 10.1. The number of thiocarbonyl (C=S) groups is 1. The van der Waals surface area contributed by atoms with Gasteiger partial charge in [-0.25, -0.2) is 4.98 Å². The molecule has 0 bridgehead atoms. The van der Waals surface area contributed by atoms with Crippen LogP contribution in [0.3, 0.4) is 0 Å². The summed E-state index contributed by atoms with van der Waals surface area (Å²) in [4.78, 5) is 8.10. The first-order valence-electron chi connectivity index (χ1n) is 4.86. The maximum Gasteiger partial charge on any atom is 0.116 e. The molecule has 1 rings (SSSR count). The van der Waals surface area contributed by atoms with Crippen molar-refractivity contribution in [3.63, 3.8) is 0 Å². The highest BCUT2D eigenvalue weighted by Gasteiger charge is 2.16. The number of thiazole rings is 1. The van der Waals surface area contributed by atoms with Gasteiger partial charge in [0.25, 0.3) is 0 Å². The summed E-state index contributed by atoms with van der Waals surface area (Å²) in [6.07, 6.45) is 0. The third-order valence-electron chi connectivity index (χ3n) is 1.92. The highest BCUT2D eigenvalue weighted by atomic mass is 32.1. The first kappa shape index (κ1) is 12.5. The molecule has 0 amide bonds. The molecule has 1 aromatic rings. The summed E-state index contributed by atoms with van der Waals surface area (Å²) in [7, 11) is 4.05. The Morgan fingerprint density at radius 3 is 2.47 bits per heavy atom. The molecule has 84 valence electrons. The van der Waals surface area contributed by atoms with E-state index in [1.54, 1.807) is 11.3 Å². The van der Waals surface area contributed by atoms with Crippen molar-refractivity contribution in [3.05, 3.63) is 15.6 Å². The Hall–Kier alpha value is -0.520. The highest BCUT2D eigenvalue weighted by molar-refractivity contribution is 7.81. The zero-order chi connectivity index (χ0) is 11.6. The van der Waals surface area contributed by atoms with Gasteiger partial charge in [-0.05, 0) is 20.0 Å². The van der Waals surface area contributed by atoms with Crippen molar-refractivity contribution in [1.29, 1.82) is 0 Å². The average Bonchev–Trinajstić information content (AvgIpc) is 2.46.